The van der Waals surface area contributed by atoms with Crippen molar-refractivity contribution in [3.8, 4) is 5.75 Å². The molecule has 0 spiro atoms. The highest BCUT2D eigenvalue weighted by molar-refractivity contribution is 6.32. The number of fused-ring (bicyclic) bond motifs is 3. The van der Waals surface area contributed by atoms with E-state index in [9.17, 15) is 4.79 Å². The summed E-state index contributed by atoms with van der Waals surface area (Å²) in [4.78, 5) is 30.0. The average Bonchev–Trinajstić information content (AvgIpc) is 3.48. The number of rotatable bonds is 6. The van der Waals surface area contributed by atoms with Crippen LogP contribution in [0.3, 0.4) is 0 Å². The maximum absolute atomic E-state index is 15.1. The molecule has 9 nitrogen and oxygen atoms in total. The van der Waals surface area contributed by atoms with Gasteiger partial charge < -0.3 is 24.6 Å². The van der Waals surface area contributed by atoms with Crippen molar-refractivity contribution in [2.24, 2.45) is 5.92 Å². The Morgan fingerprint density at radius 1 is 1.18 bits per heavy atom. The van der Waals surface area contributed by atoms with E-state index in [2.05, 4.69) is 25.2 Å². The number of hydrogen-bond donors (Lipinski definition) is 1. The zero-order valence-corrected chi connectivity index (χ0v) is 22.3. The van der Waals surface area contributed by atoms with Gasteiger partial charge in [-0.2, -0.15) is 0 Å². The lowest BCUT2D eigenvalue weighted by Gasteiger charge is -2.35. The molecule has 2 saturated heterocycles. The lowest BCUT2D eigenvalue weighted by Crippen LogP contribution is -2.50. The van der Waals surface area contributed by atoms with Crippen molar-refractivity contribution in [2.75, 3.05) is 29.9 Å². The molecular formula is C27H30ClFN6O3. The molecule has 0 radical (unpaired) electrons. The van der Waals surface area contributed by atoms with Crippen LogP contribution in [0.2, 0.25) is 5.02 Å². The van der Waals surface area contributed by atoms with Crippen LogP contribution in [-0.2, 0) is 4.74 Å². The highest BCUT2D eigenvalue weighted by Crippen LogP contribution is 2.38. The fourth-order valence-corrected chi connectivity index (χ4v) is 5.28. The van der Waals surface area contributed by atoms with Gasteiger partial charge in [0.2, 0.25) is 0 Å². The van der Waals surface area contributed by atoms with Gasteiger partial charge in [-0.05, 0) is 64.2 Å². The second kappa shape index (κ2) is 9.41. The lowest BCUT2D eigenvalue weighted by molar-refractivity contribution is 0.0214. The van der Waals surface area contributed by atoms with E-state index >= 15 is 4.39 Å². The van der Waals surface area contributed by atoms with E-state index in [0.29, 0.717) is 48.1 Å². The molecule has 2 bridgehead atoms. The van der Waals surface area contributed by atoms with Crippen LogP contribution < -0.4 is 15.0 Å². The van der Waals surface area contributed by atoms with Crippen LogP contribution in [0.15, 0.2) is 30.7 Å². The number of pyridine rings is 1. The number of carbonyl (C=O) groups is 1. The summed E-state index contributed by atoms with van der Waals surface area (Å²) in [6.07, 6.45) is 5.95. The monoisotopic (exact) mass is 540 g/mol. The molecule has 1 saturated carbocycles. The zero-order chi connectivity index (χ0) is 26.6. The summed E-state index contributed by atoms with van der Waals surface area (Å²) in [6.45, 7) is 7.40. The Balaban J connectivity index is 1.21. The molecular weight excluding hydrogens is 511 g/mol. The molecule has 6 rings (SSSR count). The first kappa shape index (κ1) is 24.9. The third kappa shape index (κ3) is 4.89. The number of likely N-dealkylation sites (tertiary alicyclic amines) is 1. The zero-order valence-electron chi connectivity index (χ0n) is 21.6. The van der Waals surface area contributed by atoms with Crippen molar-refractivity contribution in [2.45, 2.75) is 57.7 Å². The van der Waals surface area contributed by atoms with Gasteiger partial charge in [0, 0.05) is 18.5 Å². The van der Waals surface area contributed by atoms with Crippen molar-refractivity contribution in [3.05, 3.63) is 41.6 Å². The fraction of sp³-hybridized carbons (Fsp3) is 0.481. The van der Waals surface area contributed by atoms with Crippen molar-refractivity contribution in [1.29, 1.82) is 0 Å². The Bertz CT molecular complexity index is 1400. The molecule has 1 N–H and O–H groups in total. The van der Waals surface area contributed by atoms with Gasteiger partial charge >= 0.3 is 6.09 Å². The SMILES string of the molecule is CC(C)(C)OC(=O)N1C[C@@H]2C[C@H]1CN2c1cc2c(Nc3ccc(OCC4CC4)c(Cl)c3F)ncnc2cn1. The normalized spacial score (nSPS) is 20.8. The summed E-state index contributed by atoms with van der Waals surface area (Å²) in [5, 5.41) is 3.72. The molecule has 0 unspecified atom stereocenters. The van der Waals surface area contributed by atoms with Crippen molar-refractivity contribution in [3.63, 3.8) is 0 Å². The number of nitrogens with one attached hydrogen (secondary N) is 1. The predicted octanol–water partition coefficient (Wildman–Crippen LogP) is 5.55. The van der Waals surface area contributed by atoms with Crippen LogP contribution >= 0.6 is 11.6 Å². The molecule has 38 heavy (non-hydrogen) atoms. The van der Waals surface area contributed by atoms with Crippen LogP contribution in [0.4, 0.5) is 26.5 Å². The summed E-state index contributed by atoms with van der Waals surface area (Å²) >= 11 is 6.28. The third-order valence-electron chi connectivity index (χ3n) is 7.14. The molecule has 1 aromatic carbocycles. The van der Waals surface area contributed by atoms with E-state index in [-0.39, 0.29) is 28.9 Å². The minimum Gasteiger partial charge on any atom is -0.492 e. The molecule has 3 aromatic rings. The number of anilines is 3. The molecule has 2 atom stereocenters. The molecule has 3 aliphatic rings. The summed E-state index contributed by atoms with van der Waals surface area (Å²) in [7, 11) is 0. The van der Waals surface area contributed by atoms with E-state index in [4.69, 9.17) is 21.1 Å². The first-order chi connectivity index (χ1) is 18.2. The van der Waals surface area contributed by atoms with Crippen LogP contribution in [0, 0.1) is 11.7 Å². The number of halogens is 2. The molecule has 2 aliphatic heterocycles. The van der Waals surface area contributed by atoms with Gasteiger partial charge in [-0.3, -0.25) is 0 Å². The van der Waals surface area contributed by atoms with Crippen LogP contribution in [-0.4, -0.2) is 63.3 Å². The number of piperazine rings is 1. The van der Waals surface area contributed by atoms with Crippen molar-refractivity contribution < 1.29 is 18.7 Å². The highest BCUT2D eigenvalue weighted by Gasteiger charge is 2.47. The van der Waals surface area contributed by atoms with E-state index in [0.717, 1.165) is 25.1 Å². The smallest absolute Gasteiger partial charge is 0.410 e. The average molecular weight is 541 g/mol. The number of aromatic nitrogens is 3. The topological polar surface area (TPSA) is 92.7 Å². The van der Waals surface area contributed by atoms with Crippen LogP contribution in [0.1, 0.15) is 40.0 Å². The minimum atomic E-state index is -0.597. The minimum absolute atomic E-state index is 0.0565. The largest absolute Gasteiger partial charge is 0.492 e. The molecule has 4 heterocycles. The Hall–Kier alpha value is -3.40. The lowest BCUT2D eigenvalue weighted by atomic mass is 10.2. The first-order valence-electron chi connectivity index (χ1n) is 12.9. The summed E-state index contributed by atoms with van der Waals surface area (Å²) in [5.74, 6) is 1.48. The van der Waals surface area contributed by atoms with Gasteiger partial charge in [0.15, 0.2) is 5.82 Å². The van der Waals surface area contributed by atoms with Gasteiger partial charge in [0.1, 0.15) is 34.3 Å². The van der Waals surface area contributed by atoms with E-state index in [1.54, 1.807) is 18.3 Å². The van der Waals surface area contributed by atoms with E-state index < -0.39 is 11.4 Å². The summed E-state index contributed by atoms with van der Waals surface area (Å²) < 4.78 is 26.4. The molecule has 200 valence electrons. The number of carbonyl (C=O) groups excluding carboxylic acids is 1. The molecule has 1 aliphatic carbocycles. The molecule has 2 aromatic heterocycles. The van der Waals surface area contributed by atoms with E-state index in [1.165, 1.54) is 6.33 Å². The van der Waals surface area contributed by atoms with Crippen LogP contribution in [0.25, 0.3) is 10.9 Å². The summed E-state index contributed by atoms with van der Waals surface area (Å²) in [5.41, 5.74) is 0.289. The molecule has 3 fully saturated rings. The quantitative estimate of drug-likeness (QED) is 0.435. The van der Waals surface area contributed by atoms with Crippen molar-refractivity contribution in [1.82, 2.24) is 19.9 Å². The van der Waals surface area contributed by atoms with Gasteiger partial charge in [0.25, 0.3) is 0 Å². The second-order valence-corrected chi connectivity index (χ2v) is 11.6. The van der Waals surface area contributed by atoms with Gasteiger partial charge in [-0.15, -0.1) is 0 Å². The van der Waals surface area contributed by atoms with Gasteiger partial charge in [-0.25, -0.2) is 24.1 Å². The van der Waals surface area contributed by atoms with Gasteiger partial charge in [0.05, 0.1) is 36.1 Å². The number of benzene rings is 1. The number of hydrogen-bond acceptors (Lipinski definition) is 8. The maximum atomic E-state index is 15.1. The Labute approximate surface area is 225 Å². The van der Waals surface area contributed by atoms with Crippen molar-refractivity contribution >= 4 is 45.9 Å². The fourth-order valence-electron chi connectivity index (χ4n) is 5.06. The predicted molar refractivity (Wildman–Crippen MR) is 143 cm³/mol. The number of nitrogens with zero attached hydrogens (tertiary/aromatic N) is 5. The molecule has 11 heteroatoms. The maximum Gasteiger partial charge on any atom is 0.410 e. The summed E-state index contributed by atoms with van der Waals surface area (Å²) in [6, 6.07) is 5.38. The first-order valence-corrected chi connectivity index (χ1v) is 13.3. The number of ether oxygens (including phenoxy) is 2. The standard InChI is InChI=1S/C27H30ClFN6O3/c1-27(2,3)38-26(36)35-12-16-8-17(35)11-34(16)22-9-18-20(10-30-22)31-14-32-25(18)33-19-6-7-21(23(28)24(19)29)37-13-15-4-5-15/h6-7,9-10,14-17H,4-5,8,11-13H2,1-3H3,(H,31,32,33)/t16-,17-/m0/s1. The Kier molecular flexibility index (Phi) is 6.17. The number of amides is 1. The van der Waals surface area contributed by atoms with E-state index in [1.807, 2.05) is 31.7 Å². The molecule has 1 amide bonds. The highest BCUT2D eigenvalue weighted by atomic mass is 35.5. The van der Waals surface area contributed by atoms with Crippen LogP contribution in [0.5, 0.6) is 5.75 Å². The van der Waals surface area contributed by atoms with Gasteiger partial charge in [-0.1, -0.05) is 11.6 Å². The second-order valence-electron chi connectivity index (χ2n) is 11.2. The Morgan fingerprint density at radius 2 is 2.00 bits per heavy atom. The third-order valence-corrected chi connectivity index (χ3v) is 7.49. The Morgan fingerprint density at radius 3 is 2.71 bits per heavy atom.